The molecule has 0 saturated carbocycles. The summed E-state index contributed by atoms with van der Waals surface area (Å²) in [6, 6.07) is 0. The third kappa shape index (κ3) is 5.84. The van der Waals surface area contributed by atoms with Crippen molar-refractivity contribution in [2.45, 2.75) is 12.8 Å². The van der Waals surface area contributed by atoms with E-state index in [4.69, 9.17) is 10.2 Å². The van der Waals surface area contributed by atoms with E-state index in [0.29, 0.717) is 5.33 Å². The lowest BCUT2D eigenvalue weighted by atomic mass is 10.0. The molecule has 0 bridgehead atoms. The molecule has 0 aromatic carbocycles. The number of carboxylic acid groups (broad SMARTS) is 2. The molecule has 11 heavy (non-hydrogen) atoms. The van der Waals surface area contributed by atoms with E-state index in [2.05, 4.69) is 15.9 Å². The molecule has 0 amide bonds. The molecule has 0 heterocycles. The Kier molecular flexibility index (Phi) is 4.85. The fourth-order valence-electron chi connectivity index (χ4n) is 0.675. The predicted octanol–water partition coefficient (Wildman–Crippen LogP) is 0.947. The number of hydrogen-bond donors (Lipinski definition) is 2. The van der Waals surface area contributed by atoms with Crippen LogP contribution in [0.3, 0.4) is 0 Å². The Hall–Kier alpha value is -0.580. The van der Waals surface area contributed by atoms with Crippen LogP contribution in [0.1, 0.15) is 12.8 Å². The molecule has 4 nitrogen and oxygen atoms in total. The van der Waals surface area contributed by atoms with Crippen molar-refractivity contribution in [3.05, 3.63) is 0 Å². The summed E-state index contributed by atoms with van der Waals surface area (Å²) < 4.78 is 0. The van der Waals surface area contributed by atoms with Gasteiger partial charge in [-0.25, -0.2) is 0 Å². The molecular weight excluding hydrogens is 216 g/mol. The molecule has 0 atom stereocenters. The van der Waals surface area contributed by atoms with E-state index in [-0.39, 0.29) is 18.8 Å². The van der Waals surface area contributed by atoms with Crippen molar-refractivity contribution >= 4 is 27.9 Å². The average Bonchev–Trinajstić information content (AvgIpc) is 1.84. The number of rotatable bonds is 5. The SMILES string of the molecule is O=C(O)CC(CBr)CC(=O)O. The Balaban J connectivity index is 3.76. The number of carbonyl (C=O) groups is 2. The van der Waals surface area contributed by atoms with Gasteiger partial charge >= 0.3 is 11.9 Å². The first-order valence-electron chi connectivity index (χ1n) is 3.05. The Bertz CT molecular complexity index is 141. The molecule has 0 aromatic heterocycles. The molecule has 0 unspecified atom stereocenters. The minimum absolute atomic E-state index is 0.0997. The van der Waals surface area contributed by atoms with Crippen LogP contribution in [0.25, 0.3) is 0 Å². The van der Waals surface area contributed by atoms with Crippen molar-refractivity contribution in [2.75, 3.05) is 5.33 Å². The summed E-state index contributed by atoms with van der Waals surface area (Å²) in [5.41, 5.74) is 0. The highest BCUT2D eigenvalue weighted by Gasteiger charge is 2.14. The van der Waals surface area contributed by atoms with Gasteiger partial charge < -0.3 is 10.2 Å². The molecule has 2 N–H and O–H groups in total. The highest BCUT2D eigenvalue weighted by molar-refractivity contribution is 9.09. The summed E-state index contributed by atoms with van der Waals surface area (Å²) in [6.07, 6.45) is -0.199. The molecule has 64 valence electrons. The highest BCUT2D eigenvalue weighted by atomic mass is 79.9. The molecule has 0 saturated heterocycles. The standard InChI is InChI=1S/C6H9BrO4/c7-3-4(1-5(8)9)2-6(10)11/h4H,1-3H2,(H,8,9)(H,10,11). The van der Waals surface area contributed by atoms with Gasteiger partial charge in [0.15, 0.2) is 0 Å². The zero-order valence-electron chi connectivity index (χ0n) is 5.79. The number of aliphatic carboxylic acids is 2. The van der Waals surface area contributed by atoms with Gasteiger partial charge in [-0.05, 0) is 5.92 Å². The maximum atomic E-state index is 10.1. The maximum Gasteiger partial charge on any atom is 0.303 e. The lowest BCUT2D eigenvalue weighted by molar-refractivity contribution is -0.140. The number of alkyl halides is 1. The van der Waals surface area contributed by atoms with Gasteiger partial charge in [0.2, 0.25) is 0 Å². The second kappa shape index (κ2) is 5.12. The zero-order chi connectivity index (χ0) is 8.85. The first-order valence-corrected chi connectivity index (χ1v) is 4.18. The van der Waals surface area contributed by atoms with Crippen LogP contribution in [0.2, 0.25) is 0 Å². The lowest BCUT2D eigenvalue weighted by Crippen LogP contribution is -2.13. The van der Waals surface area contributed by atoms with Gasteiger partial charge in [0, 0.05) is 18.2 Å². The largest absolute Gasteiger partial charge is 0.481 e. The third-order valence-corrected chi connectivity index (χ3v) is 2.06. The Morgan fingerprint density at radius 1 is 1.18 bits per heavy atom. The van der Waals surface area contributed by atoms with E-state index in [1.807, 2.05) is 0 Å². The smallest absolute Gasteiger partial charge is 0.303 e. The van der Waals surface area contributed by atoms with Crippen LogP contribution < -0.4 is 0 Å². The van der Waals surface area contributed by atoms with Gasteiger partial charge in [-0.2, -0.15) is 0 Å². The normalized spacial score (nSPS) is 10.0. The Labute approximate surface area is 72.3 Å². The first kappa shape index (κ1) is 10.4. The van der Waals surface area contributed by atoms with E-state index in [0.717, 1.165) is 0 Å². The summed E-state index contributed by atoms with van der Waals surface area (Å²) in [6.45, 7) is 0. The maximum absolute atomic E-state index is 10.1. The van der Waals surface area contributed by atoms with Crippen LogP contribution in [0.4, 0.5) is 0 Å². The van der Waals surface area contributed by atoms with Gasteiger partial charge in [0.1, 0.15) is 0 Å². The monoisotopic (exact) mass is 224 g/mol. The van der Waals surface area contributed by atoms with Crippen molar-refractivity contribution in [3.63, 3.8) is 0 Å². The molecule has 0 aliphatic rings. The van der Waals surface area contributed by atoms with E-state index in [1.165, 1.54) is 0 Å². The highest BCUT2D eigenvalue weighted by Crippen LogP contribution is 2.11. The average molecular weight is 225 g/mol. The molecule has 0 aromatic rings. The summed E-state index contributed by atoms with van der Waals surface area (Å²) in [5.74, 6) is -2.24. The molecule has 5 heteroatoms. The summed E-state index contributed by atoms with van der Waals surface area (Å²) in [4.78, 5) is 20.3. The van der Waals surface area contributed by atoms with Crippen molar-refractivity contribution in [1.82, 2.24) is 0 Å². The molecule has 0 radical (unpaired) electrons. The molecule has 0 rings (SSSR count). The van der Waals surface area contributed by atoms with E-state index < -0.39 is 11.9 Å². The fraction of sp³-hybridized carbons (Fsp3) is 0.667. The van der Waals surface area contributed by atoms with Crippen LogP contribution >= 0.6 is 15.9 Å². The van der Waals surface area contributed by atoms with Crippen LogP contribution in [-0.2, 0) is 9.59 Å². The van der Waals surface area contributed by atoms with Gasteiger partial charge in [0.05, 0.1) is 0 Å². The second-order valence-corrected chi connectivity index (χ2v) is 2.86. The summed E-state index contributed by atoms with van der Waals surface area (Å²) >= 11 is 3.05. The molecule has 0 fully saturated rings. The first-order chi connectivity index (χ1) is 5.06. The molecule has 0 aliphatic heterocycles. The van der Waals surface area contributed by atoms with Crippen molar-refractivity contribution in [1.29, 1.82) is 0 Å². The van der Waals surface area contributed by atoms with Crippen molar-refractivity contribution < 1.29 is 19.8 Å². The molecule has 0 aliphatic carbocycles. The molecule has 0 spiro atoms. The predicted molar refractivity (Wildman–Crippen MR) is 41.8 cm³/mol. The Morgan fingerprint density at radius 2 is 1.55 bits per heavy atom. The second-order valence-electron chi connectivity index (χ2n) is 2.22. The van der Waals surface area contributed by atoms with Gasteiger partial charge in [0.25, 0.3) is 0 Å². The number of halogens is 1. The molecular formula is C6H9BrO4. The fourth-order valence-corrected chi connectivity index (χ4v) is 1.13. The van der Waals surface area contributed by atoms with Crippen LogP contribution in [0, 0.1) is 5.92 Å². The van der Waals surface area contributed by atoms with Crippen LogP contribution in [0.15, 0.2) is 0 Å². The van der Waals surface area contributed by atoms with Crippen LogP contribution in [-0.4, -0.2) is 27.5 Å². The topological polar surface area (TPSA) is 74.6 Å². The van der Waals surface area contributed by atoms with E-state index >= 15 is 0 Å². The number of carboxylic acids is 2. The zero-order valence-corrected chi connectivity index (χ0v) is 7.37. The third-order valence-electron chi connectivity index (χ3n) is 1.14. The van der Waals surface area contributed by atoms with Gasteiger partial charge in [-0.15, -0.1) is 0 Å². The van der Waals surface area contributed by atoms with Crippen LogP contribution in [0.5, 0.6) is 0 Å². The van der Waals surface area contributed by atoms with E-state index in [9.17, 15) is 9.59 Å². The van der Waals surface area contributed by atoms with Crippen molar-refractivity contribution in [2.24, 2.45) is 5.92 Å². The minimum Gasteiger partial charge on any atom is -0.481 e. The Morgan fingerprint density at radius 3 is 1.73 bits per heavy atom. The quantitative estimate of drug-likeness (QED) is 0.683. The summed E-state index contributed by atoms with van der Waals surface area (Å²) in [5, 5.41) is 17.0. The van der Waals surface area contributed by atoms with Gasteiger partial charge in [-0.3, -0.25) is 9.59 Å². The number of hydrogen-bond acceptors (Lipinski definition) is 2. The van der Waals surface area contributed by atoms with Gasteiger partial charge in [-0.1, -0.05) is 15.9 Å². The lowest BCUT2D eigenvalue weighted by Gasteiger charge is -2.06. The minimum atomic E-state index is -0.962. The summed E-state index contributed by atoms with van der Waals surface area (Å²) in [7, 11) is 0. The van der Waals surface area contributed by atoms with Crippen molar-refractivity contribution in [3.8, 4) is 0 Å². The van der Waals surface area contributed by atoms with E-state index in [1.54, 1.807) is 0 Å².